The van der Waals surface area contributed by atoms with E-state index < -0.39 is 16.0 Å². The van der Waals surface area contributed by atoms with Gasteiger partial charge in [0.1, 0.15) is 10.8 Å². The van der Waals surface area contributed by atoms with E-state index in [1.54, 1.807) is 19.1 Å². The average molecular weight is 477 g/mol. The van der Waals surface area contributed by atoms with Crippen LogP contribution >= 0.6 is 34.3 Å². The number of hydrogen-bond acceptors (Lipinski definition) is 8. The van der Waals surface area contributed by atoms with Crippen molar-refractivity contribution in [1.29, 1.82) is 0 Å². The van der Waals surface area contributed by atoms with Gasteiger partial charge in [0.2, 0.25) is 4.80 Å². The third-order valence-corrected chi connectivity index (χ3v) is 7.90. The van der Waals surface area contributed by atoms with Gasteiger partial charge in [0.15, 0.2) is 11.5 Å². The Kier molecular flexibility index (Phi) is 6.52. The Bertz CT molecular complexity index is 1230. The van der Waals surface area contributed by atoms with Gasteiger partial charge < -0.3 is 18.8 Å². The maximum atomic E-state index is 12.7. The van der Waals surface area contributed by atoms with Crippen LogP contribution in [0.1, 0.15) is 6.92 Å². The third kappa shape index (κ3) is 4.58. The predicted octanol–water partition coefficient (Wildman–Crippen LogP) is 3.29. The van der Waals surface area contributed by atoms with Gasteiger partial charge in [-0.3, -0.25) is 4.79 Å². The molecule has 29 heavy (non-hydrogen) atoms. The first-order valence-electron chi connectivity index (χ1n) is 8.26. The Morgan fingerprint density at radius 2 is 1.86 bits per heavy atom. The summed E-state index contributed by atoms with van der Waals surface area (Å²) < 4.78 is 47.5. The van der Waals surface area contributed by atoms with Crippen LogP contribution in [-0.2, 0) is 26.1 Å². The van der Waals surface area contributed by atoms with E-state index in [1.807, 2.05) is 0 Å². The number of hydrogen-bond donors (Lipinski definition) is 0. The molecule has 0 saturated carbocycles. The molecule has 0 aliphatic rings. The molecule has 0 radical (unpaired) electrons. The number of rotatable bonds is 7. The number of benzene rings is 1. The Labute approximate surface area is 180 Å². The van der Waals surface area contributed by atoms with E-state index in [9.17, 15) is 13.2 Å². The Hall–Kier alpha value is -2.08. The fourth-order valence-corrected chi connectivity index (χ4v) is 6.24. The van der Waals surface area contributed by atoms with Gasteiger partial charge in [-0.25, -0.2) is 0 Å². The van der Waals surface area contributed by atoms with Crippen LogP contribution in [-0.4, -0.2) is 39.8 Å². The molecule has 0 unspecified atom stereocenters. The molecular weight excluding hydrogens is 460 g/mol. The number of ether oxygens (including phenoxy) is 3. The second kappa shape index (κ2) is 8.74. The summed E-state index contributed by atoms with van der Waals surface area (Å²) in [7, 11) is -1.02. The van der Waals surface area contributed by atoms with Gasteiger partial charge in [-0.1, -0.05) is 22.9 Å². The molecule has 0 spiro atoms. The summed E-state index contributed by atoms with van der Waals surface area (Å²) in [5.41, 5.74) is 0.568. The summed E-state index contributed by atoms with van der Waals surface area (Å²) in [5.74, 6) is 0.402. The minimum atomic E-state index is -4.01. The van der Waals surface area contributed by atoms with Crippen molar-refractivity contribution in [3.8, 4) is 11.5 Å². The maximum absolute atomic E-state index is 12.7. The highest BCUT2D eigenvalue weighted by Gasteiger charge is 2.19. The van der Waals surface area contributed by atoms with Crippen molar-refractivity contribution in [3.05, 3.63) is 33.4 Å². The van der Waals surface area contributed by atoms with Crippen LogP contribution in [0.5, 0.6) is 11.5 Å². The quantitative estimate of drug-likeness (QED) is 0.485. The summed E-state index contributed by atoms with van der Waals surface area (Å²) in [5, 5.41) is 0. The molecule has 156 valence electrons. The number of nitrogens with zero attached hydrogens (tertiary/aromatic N) is 2. The van der Waals surface area contributed by atoms with E-state index in [2.05, 4.69) is 4.40 Å². The van der Waals surface area contributed by atoms with E-state index >= 15 is 0 Å². The molecule has 0 saturated heterocycles. The third-order valence-electron chi connectivity index (χ3n) is 3.78. The van der Waals surface area contributed by atoms with Gasteiger partial charge in [-0.2, -0.15) is 8.42 Å². The molecule has 0 N–H and O–H groups in total. The van der Waals surface area contributed by atoms with E-state index in [0.717, 1.165) is 22.7 Å². The summed E-state index contributed by atoms with van der Waals surface area (Å²) in [6, 6.07) is 6.24. The number of thiazole rings is 1. The van der Waals surface area contributed by atoms with E-state index in [1.165, 1.54) is 30.9 Å². The van der Waals surface area contributed by atoms with Crippen molar-refractivity contribution < 1.29 is 27.4 Å². The number of esters is 1. The zero-order valence-corrected chi connectivity index (χ0v) is 18.9. The van der Waals surface area contributed by atoms with Crippen LogP contribution in [0.2, 0.25) is 4.34 Å². The molecule has 1 aromatic carbocycles. The number of aromatic nitrogens is 1. The molecule has 0 amide bonds. The number of fused-ring (bicyclic) bond motifs is 1. The second-order valence-electron chi connectivity index (χ2n) is 5.58. The molecule has 0 fully saturated rings. The standard InChI is InChI=1S/C17H17ClN2O6S3/c1-4-26-15(21)9-20-10-7-11(24-2)12(25-3)8-13(10)27-17(20)19-29(22,23)16-6-5-14(18)28-16/h5-8H,4,9H2,1-3H3. The van der Waals surface area contributed by atoms with Gasteiger partial charge in [-0.05, 0) is 19.1 Å². The Balaban J connectivity index is 2.25. The highest BCUT2D eigenvalue weighted by Crippen LogP contribution is 2.34. The van der Waals surface area contributed by atoms with Crippen LogP contribution in [0.4, 0.5) is 0 Å². The monoisotopic (exact) mass is 476 g/mol. The number of carbonyl (C=O) groups excluding carboxylic acids is 1. The number of sulfonamides is 1. The normalized spacial score (nSPS) is 12.3. The van der Waals surface area contributed by atoms with Crippen molar-refractivity contribution >= 4 is 60.5 Å². The molecule has 0 aliphatic heterocycles. The second-order valence-corrected chi connectivity index (χ2v) is 10.1. The zero-order chi connectivity index (χ0) is 21.2. The van der Waals surface area contributed by atoms with Crippen molar-refractivity contribution in [2.45, 2.75) is 17.7 Å². The molecular formula is C17H17ClN2O6S3. The largest absolute Gasteiger partial charge is 0.493 e. The minimum Gasteiger partial charge on any atom is -0.493 e. The smallest absolute Gasteiger partial charge is 0.326 e. The first-order valence-corrected chi connectivity index (χ1v) is 11.7. The molecule has 0 aliphatic carbocycles. The molecule has 3 aromatic rings. The average Bonchev–Trinajstić information content (AvgIpc) is 3.25. The summed E-state index contributed by atoms with van der Waals surface area (Å²) in [4.78, 5) is 12.2. The molecule has 0 bridgehead atoms. The fraction of sp³-hybridized carbons (Fsp3) is 0.294. The molecule has 12 heteroatoms. The topological polar surface area (TPSA) is 96.2 Å². The first kappa shape index (κ1) is 21.6. The van der Waals surface area contributed by atoms with Crippen molar-refractivity contribution in [3.63, 3.8) is 0 Å². The van der Waals surface area contributed by atoms with Crippen molar-refractivity contribution in [2.75, 3.05) is 20.8 Å². The van der Waals surface area contributed by atoms with Gasteiger partial charge in [0.05, 0.1) is 35.4 Å². The predicted molar refractivity (Wildman–Crippen MR) is 112 cm³/mol. The van der Waals surface area contributed by atoms with Crippen LogP contribution in [0.15, 0.2) is 32.9 Å². The van der Waals surface area contributed by atoms with Gasteiger partial charge in [0, 0.05) is 12.1 Å². The summed E-state index contributed by atoms with van der Waals surface area (Å²) >= 11 is 7.87. The zero-order valence-electron chi connectivity index (χ0n) is 15.7. The lowest BCUT2D eigenvalue weighted by Gasteiger charge is -2.09. The van der Waals surface area contributed by atoms with Crippen molar-refractivity contribution in [2.24, 2.45) is 4.40 Å². The molecule has 3 rings (SSSR count). The minimum absolute atomic E-state index is 0.0119. The lowest BCUT2D eigenvalue weighted by molar-refractivity contribution is -0.143. The SMILES string of the molecule is CCOC(=O)Cn1c(=NS(=O)(=O)c2ccc(Cl)s2)sc2cc(OC)c(OC)cc21. The van der Waals surface area contributed by atoms with Crippen LogP contribution < -0.4 is 14.3 Å². The van der Waals surface area contributed by atoms with E-state index in [4.69, 9.17) is 25.8 Å². The number of halogens is 1. The lowest BCUT2D eigenvalue weighted by atomic mass is 10.3. The first-order chi connectivity index (χ1) is 13.8. The Morgan fingerprint density at radius 3 is 2.45 bits per heavy atom. The van der Waals surface area contributed by atoms with Gasteiger partial charge >= 0.3 is 5.97 Å². The van der Waals surface area contributed by atoms with E-state index in [-0.39, 0.29) is 22.2 Å². The molecule has 2 aromatic heterocycles. The van der Waals surface area contributed by atoms with E-state index in [0.29, 0.717) is 26.1 Å². The lowest BCUT2D eigenvalue weighted by Crippen LogP contribution is -2.23. The summed E-state index contributed by atoms with van der Waals surface area (Å²) in [6.07, 6.45) is 0. The van der Waals surface area contributed by atoms with Gasteiger partial charge in [0.25, 0.3) is 10.0 Å². The summed E-state index contributed by atoms with van der Waals surface area (Å²) in [6.45, 7) is 1.69. The fourth-order valence-electron chi connectivity index (χ4n) is 2.54. The van der Waals surface area contributed by atoms with Crippen molar-refractivity contribution in [1.82, 2.24) is 4.57 Å². The molecule has 8 nitrogen and oxygen atoms in total. The number of carbonyl (C=O) groups is 1. The highest BCUT2D eigenvalue weighted by atomic mass is 35.5. The maximum Gasteiger partial charge on any atom is 0.326 e. The number of methoxy groups -OCH3 is 2. The Morgan fingerprint density at radius 1 is 1.17 bits per heavy atom. The highest BCUT2D eigenvalue weighted by molar-refractivity contribution is 7.92. The number of thiophene rings is 1. The van der Waals surface area contributed by atoms with Crippen LogP contribution in [0, 0.1) is 0 Å². The van der Waals surface area contributed by atoms with Gasteiger partial charge in [-0.15, -0.1) is 15.7 Å². The molecule has 0 atom stereocenters. The molecule has 2 heterocycles. The van der Waals surface area contributed by atoms with Crippen LogP contribution in [0.25, 0.3) is 10.2 Å². The van der Waals surface area contributed by atoms with Crippen LogP contribution in [0.3, 0.4) is 0 Å².